The van der Waals surface area contributed by atoms with E-state index in [1.54, 1.807) is 17.0 Å². The summed E-state index contributed by atoms with van der Waals surface area (Å²) in [6.07, 6.45) is 2.69. The molecule has 0 unspecified atom stereocenters. The van der Waals surface area contributed by atoms with Crippen LogP contribution < -0.4 is 0 Å². The number of piperidine rings is 1. The molecule has 1 saturated heterocycles. The quantitative estimate of drug-likeness (QED) is 0.913. The molecule has 0 aliphatic carbocycles. The second-order valence-electron chi connectivity index (χ2n) is 6.06. The number of nitrogens with zero attached hydrogens (tertiary/aromatic N) is 1. The summed E-state index contributed by atoms with van der Waals surface area (Å²) in [5.74, 6) is -0.0879. The normalized spacial score (nSPS) is 18.5. The molecule has 6 heteroatoms. The molecule has 0 saturated carbocycles. The van der Waals surface area contributed by atoms with Crippen LogP contribution in [0.4, 0.5) is 0 Å². The minimum absolute atomic E-state index is 0.0879. The van der Waals surface area contributed by atoms with E-state index in [0.29, 0.717) is 18.7 Å². The minimum Gasteiger partial charge on any atom is -0.396 e. The molecule has 1 aromatic rings. The van der Waals surface area contributed by atoms with Crippen molar-refractivity contribution in [1.82, 2.24) is 4.90 Å². The average molecular weight is 311 g/mol. The molecule has 1 amide bonds. The van der Waals surface area contributed by atoms with Crippen molar-refractivity contribution in [2.24, 2.45) is 5.41 Å². The van der Waals surface area contributed by atoms with E-state index in [1.807, 2.05) is 6.92 Å². The van der Waals surface area contributed by atoms with Gasteiger partial charge in [0.2, 0.25) is 0 Å². The highest BCUT2D eigenvalue weighted by Gasteiger charge is 2.31. The monoisotopic (exact) mass is 311 g/mol. The van der Waals surface area contributed by atoms with Crippen molar-refractivity contribution in [2.75, 3.05) is 26.0 Å². The number of benzene rings is 1. The van der Waals surface area contributed by atoms with E-state index in [-0.39, 0.29) is 22.8 Å². The van der Waals surface area contributed by atoms with Gasteiger partial charge < -0.3 is 10.0 Å². The fourth-order valence-corrected chi connectivity index (χ4v) is 3.07. The van der Waals surface area contributed by atoms with Crippen molar-refractivity contribution in [1.29, 1.82) is 0 Å². The lowest BCUT2D eigenvalue weighted by Gasteiger charge is -2.38. The van der Waals surface area contributed by atoms with Crippen molar-refractivity contribution < 1.29 is 18.3 Å². The third kappa shape index (κ3) is 3.63. The smallest absolute Gasteiger partial charge is 0.253 e. The van der Waals surface area contributed by atoms with Gasteiger partial charge >= 0.3 is 0 Å². The standard InChI is InChI=1S/C15H21NO4S/c1-15(11-17)7-9-16(10-8-15)14(18)12-3-5-13(6-4-12)21(2,19)20/h3-6,17H,7-11H2,1-2H3. The molecular weight excluding hydrogens is 290 g/mol. The van der Waals surface area contributed by atoms with Crippen LogP contribution in [0.1, 0.15) is 30.1 Å². The van der Waals surface area contributed by atoms with Gasteiger partial charge in [0, 0.05) is 31.5 Å². The molecule has 1 heterocycles. The maximum absolute atomic E-state index is 12.4. The van der Waals surface area contributed by atoms with E-state index in [0.717, 1.165) is 19.1 Å². The maximum atomic E-state index is 12.4. The Kier molecular flexibility index (Phi) is 4.39. The Balaban J connectivity index is 2.08. The molecule has 1 aliphatic heterocycles. The van der Waals surface area contributed by atoms with Crippen molar-refractivity contribution in [2.45, 2.75) is 24.7 Å². The highest BCUT2D eigenvalue weighted by molar-refractivity contribution is 7.90. The number of sulfone groups is 1. The first kappa shape index (κ1) is 16.0. The van der Waals surface area contributed by atoms with Crippen LogP contribution in [-0.4, -0.2) is 50.3 Å². The summed E-state index contributed by atoms with van der Waals surface area (Å²) in [6.45, 7) is 3.39. The van der Waals surface area contributed by atoms with Crippen LogP contribution in [0, 0.1) is 5.41 Å². The van der Waals surface area contributed by atoms with Gasteiger partial charge in [0.15, 0.2) is 9.84 Å². The summed E-state index contributed by atoms with van der Waals surface area (Å²) in [4.78, 5) is 14.3. The van der Waals surface area contributed by atoms with Crippen LogP contribution in [0.15, 0.2) is 29.2 Å². The van der Waals surface area contributed by atoms with Gasteiger partial charge in [-0.05, 0) is 42.5 Å². The Labute approximate surface area is 125 Å². The topological polar surface area (TPSA) is 74.7 Å². The first-order chi connectivity index (χ1) is 9.75. The van der Waals surface area contributed by atoms with Gasteiger partial charge in [0.05, 0.1) is 4.90 Å². The molecule has 21 heavy (non-hydrogen) atoms. The Bertz CT molecular complexity index is 614. The molecule has 1 N–H and O–H groups in total. The van der Waals surface area contributed by atoms with Gasteiger partial charge in [-0.2, -0.15) is 0 Å². The summed E-state index contributed by atoms with van der Waals surface area (Å²) >= 11 is 0. The van der Waals surface area contributed by atoms with Crippen molar-refractivity contribution >= 4 is 15.7 Å². The van der Waals surface area contributed by atoms with E-state index in [1.165, 1.54) is 12.1 Å². The van der Waals surface area contributed by atoms with Gasteiger partial charge in [-0.15, -0.1) is 0 Å². The molecule has 1 fully saturated rings. The van der Waals surface area contributed by atoms with Crippen LogP contribution in [0.2, 0.25) is 0 Å². The molecule has 116 valence electrons. The lowest BCUT2D eigenvalue weighted by molar-refractivity contribution is 0.0439. The number of aliphatic hydroxyl groups is 1. The summed E-state index contributed by atoms with van der Waals surface area (Å²) in [6, 6.07) is 6.03. The van der Waals surface area contributed by atoms with Crippen molar-refractivity contribution in [3.63, 3.8) is 0 Å². The third-order valence-electron chi connectivity index (χ3n) is 4.17. The molecule has 1 aliphatic rings. The molecular formula is C15H21NO4S. The van der Waals surface area contributed by atoms with E-state index in [9.17, 15) is 18.3 Å². The predicted molar refractivity (Wildman–Crippen MR) is 79.9 cm³/mol. The van der Waals surface area contributed by atoms with Gasteiger partial charge in [0.25, 0.3) is 5.91 Å². The molecule has 5 nitrogen and oxygen atoms in total. The minimum atomic E-state index is -3.24. The van der Waals surface area contributed by atoms with Crippen LogP contribution in [0.25, 0.3) is 0 Å². The SMILES string of the molecule is CC1(CO)CCN(C(=O)c2ccc(S(C)(=O)=O)cc2)CC1. The third-order valence-corrected chi connectivity index (χ3v) is 5.30. The van der Waals surface area contributed by atoms with Gasteiger partial charge in [-0.3, -0.25) is 4.79 Å². The lowest BCUT2D eigenvalue weighted by atomic mass is 9.81. The zero-order valence-electron chi connectivity index (χ0n) is 12.4. The number of aliphatic hydroxyl groups excluding tert-OH is 1. The summed E-state index contributed by atoms with van der Waals surface area (Å²) in [7, 11) is -3.24. The van der Waals surface area contributed by atoms with E-state index >= 15 is 0 Å². The Morgan fingerprint density at radius 3 is 2.19 bits per heavy atom. The lowest BCUT2D eigenvalue weighted by Crippen LogP contribution is -2.43. The predicted octanol–water partition coefficient (Wildman–Crippen LogP) is 1.32. The van der Waals surface area contributed by atoms with Gasteiger partial charge in [0.1, 0.15) is 0 Å². The number of carbonyl (C=O) groups is 1. The fraction of sp³-hybridized carbons (Fsp3) is 0.533. The summed E-state index contributed by atoms with van der Waals surface area (Å²) in [5, 5.41) is 9.34. The van der Waals surface area contributed by atoms with Gasteiger partial charge in [-0.25, -0.2) is 8.42 Å². The molecule has 1 aromatic carbocycles. The Hall–Kier alpha value is -1.40. The zero-order chi connectivity index (χ0) is 15.7. The van der Waals surface area contributed by atoms with Crippen molar-refractivity contribution in [3.05, 3.63) is 29.8 Å². The first-order valence-electron chi connectivity index (χ1n) is 6.95. The fourth-order valence-electron chi connectivity index (χ4n) is 2.44. The summed E-state index contributed by atoms with van der Waals surface area (Å²) in [5.41, 5.74) is 0.395. The van der Waals surface area contributed by atoms with E-state index in [2.05, 4.69) is 0 Å². The van der Waals surface area contributed by atoms with Crippen LogP contribution >= 0.6 is 0 Å². The second kappa shape index (κ2) is 5.77. The van der Waals surface area contributed by atoms with E-state index in [4.69, 9.17) is 0 Å². The molecule has 0 spiro atoms. The zero-order valence-corrected chi connectivity index (χ0v) is 13.2. The molecule has 0 radical (unpaired) electrons. The highest BCUT2D eigenvalue weighted by atomic mass is 32.2. The number of rotatable bonds is 3. The van der Waals surface area contributed by atoms with Crippen LogP contribution in [0.5, 0.6) is 0 Å². The maximum Gasteiger partial charge on any atom is 0.253 e. The Morgan fingerprint density at radius 1 is 1.24 bits per heavy atom. The number of hydrogen-bond acceptors (Lipinski definition) is 4. The number of carbonyl (C=O) groups excluding carboxylic acids is 1. The number of likely N-dealkylation sites (tertiary alicyclic amines) is 1. The molecule has 0 aromatic heterocycles. The second-order valence-corrected chi connectivity index (χ2v) is 8.07. The number of hydrogen-bond donors (Lipinski definition) is 1. The average Bonchev–Trinajstić information content (AvgIpc) is 2.47. The van der Waals surface area contributed by atoms with Crippen LogP contribution in [0.3, 0.4) is 0 Å². The number of amides is 1. The summed E-state index contributed by atoms with van der Waals surface area (Å²) < 4.78 is 22.8. The molecule has 0 atom stereocenters. The van der Waals surface area contributed by atoms with Crippen LogP contribution in [-0.2, 0) is 9.84 Å². The first-order valence-corrected chi connectivity index (χ1v) is 8.85. The molecule has 0 bridgehead atoms. The Morgan fingerprint density at radius 2 is 1.76 bits per heavy atom. The van der Waals surface area contributed by atoms with Crippen molar-refractivity contribution in [3.8, 4) is 0 Å². The van der Waals surface area contributed by atoms with E-state index < -0.39 is 9.84 Å². The van der Waals surface area contributed by atoms with Gasteiger partial charge in [-0.1, -0.05) is 6.92 Å². The largest absolute Gasteiger partial charge is 0.396 e. The molecule has 2 rings (SSSR count). The highest BCUT2D eigenvalue weighted by Crippen LogP contribution is 2.30.